The molecule has 0 N–H and O–H groups in total. The van der Waals surface area contributed by atoms with E-state index in [1.54, 1.807) is 0 Å². The first kappa shape index (κ1) is 35.4. The van der Waals surface area contributed by atoms with Crippen LogP contribution in [0.4, 0.5) is 0 Å². The third kappa shape index (κ3) is 7.74. The second-order valence-electron chi connectivity index (χ2n) is 13.6. The molecule has 0 saturated heterocycles. The zero-order chi connectivity index (χ0) is 32.2. The molecule has 0 amide bonds. The van der Waals surface area contributed by atoms with Crippen LogP contribution >= 0.6 is 0 Å². The number of furan rings is 1. The van der Waals surface area contributed by atoms with Crippen LogP contribution in [0.3, 0.4) is 0 Å². The van der Waals surface area contributed by atoms with E-state index >= 15 is 0 Å². The van der Waals surface area contributed by atoms with E-state index in [9.17, 15) is 0 Å². The number of aromatic nitrogens is 3. The third-order valence-electron chi connectivity index (χ3n) is 8.92. The van der Waals surface area contributed by atoms with Gasteiger partial charge in [-0.25, -0.2) is 0 Å². The van der Waals surface area contributed by atoms with Crippen molar-refractivity contribution < 1.29 is 24.5 Å². The summed E-state index contributed by atoms with van der Waals surface area (Å²) in [5.74, 6) is 0.667. The van der Waals surface area contributed by atoms with E-state index < -0.39 is 8.07 Å². The largest absolute Gasteiger partial charge is 0.500 e. The standard InChI is InChI=1S/C22H21N2O.C18H24NSi.Ir/c1-4-22(3,5-2)15-10-11-24-19(12-15)18-14-23-13-17-16-8-6-7-9-20(16)25-21(17)18;1-14(2)11-16-12-17(15-9-7-6-8-10-15)19-13-18(16)20(3,4)5;/h6-13H,4-5H2,1-3H3;6-9,12-14H,11H2,1-5H3;/q2*-1;. The van der Waals surface area contributed by atoms with Crippen molar-refractivity contribution in [1.29, 1.82) is 0 Å². The Kier molecular flexibility index (Phi) is 11.5. The fourth-order valence-electron chi connectivity index (χ4n) is 5.85. The zero-order valence-electron chi connectivity index (χ0n) is 28.4. The maximum atomic E-state index is 6.10. The Morgan fingerprint density at radius 3 is 2.28 bits per heavy atom. The van der Waals surface area contributed by atoms with Crippen molar-refractivity contribution in [2.45, 2.75) is 78.9 Å². The van der Waals surface area contributed by atoms with Gasteiger partial charge < -0.3 is 19.4 Å². The van der Waals surface area contributed by atoms with Gasteiger partial charge >= 0.3 is 0 Å². The SMILES string of the molecule is CC(C)Cc1cc(-c2[c-]cccc2)ncc1[Si](C)(C)C.CCC(C)(CC)c1ccnc(-c2[c-]ncc3c2oc2ccccc23)c1.[Ir]. The van der Waals surface area contributed by atoms with Crippen LogP contribution in [0.15, 0.2) is 89.7 Å². The van der Waals surface area contributed by atoms with Crippen LogP contribution in [0.2, 0.25) is 19.6 Å². The van der Waals surface area contributed by atoms with Crippen molar-refractivity contribution in [2.24, 2.45) is 5.92 Å². The minimum absolute atomic E-state index is 0. The van der Waals surface area contributed by atoms with Crippen LogP contribution in [0.1, 0.15) is 58.6 Å². The molecule has 2 aromatic carbocycles. The second-order valence-corrected chi connectivity index (χ2v) is 18.7. The van der Waals surface area contributed by atoms with Crippen LogP contribution in [0.25, 0.3) is 44.5 Å². The summed E-state index contributed by atoms with van der Waals surface area (Å²) >= 11 is 0. The van der Waals surface area contributed by atoms with E-state index in [0.717, 1.165) is 63.7 Å². The number of hydrogen-bond donors (Lipinski definition) is 0. The molecule has 6 aromatic rings. The predicted octanol–water partition coefficient (Wildman–Crippen LogP) is 10.2. The van der Waals surface area contributed by atoms with Gasteiger partial charge in [0.15, 0.2) is 0 Å². The molecule has 0 unspecified atom stereocenters. The third-order valence-corrected chi connectivity index (χ3v) is 11.0. The van der Waals surface area contributed by atoms with Crippen LogP contribution < -0.4 is 5.19 Å². The van der Waals surface area contributed by atoms with E-state index in [-0.39, 0.29) is 25.5 Å². The molecular weight excluding hydrogens is 759 g/mol. The molecule has 1 radical (unpaired) electrons. The summed E-state index contributed by atoms with van der Waals surface area (Å²) in [5, 5.41) is 3.57. The van der Waals surface area contributed by atoms with Gasteiger partial charge in [-0.05, 0) is 82.6 Å². The molecule has 0 fully saturated rings. The first-order valence-electron chi connectivity index (χ1n) is 16.2. The summed E-state index contributed by atoms with van der Waals surface area (Å²) in [6, 6.07) is 25.9. The Morgan fingerprint density at radius 2 is 1.61 bits per heavy atom. The van der Waals surface area contributed by atoms with Gasteiger partial charge in [0.1, 0.15) is 5.58 Å². The minimum Gasteiger partial charge on any atom is -0.500 e. The molecule has 241 valence electrons. The van der Waals surface area contributed by atoms with E-state index in [1.807, 2.05) is 48.8 Å². The van der Waals surface area contributed by atoms with Gasteiger partial charge in [0, 0.05) is 37.9 Å². The molecule has 6 heteroatoms. The van der Waals surface area contributed by atoms with Crippen LogP contribution in [0.5, 0.6) is 0 Å². The van der Waals surface area contributed by atoms with Crippen molar-refractivity contribution in [3.63, 3.8) is 0 Å². The molecule has 4 heterocycles. The van der Waals surface area contributed by atoms with Crippen LogP contribution in [-0.2, 0) is 31.9 Å². The van der Waals surface area contributed by atoms with Gasteiger partial charge in [0.05, 0.1) is 13.7 Å². The molecule has 0 aliphatic heterocycles. The molecule has 4 aromatic heterocycles. The van der Waals surface area contributed by atoms with Gasteiger partial charge in [-0.3, -0.25) is 0 Å². The van der Waals surface area contributed by atoms with E-state index in [1.165, 1.54) is 16.3 Å². The average molecular weight is 804 g/mol. The summed E-state index contributed by atoms with van der Waals surface area (Å²) in [7, 11) is -1.34. The second kappa shape index (κ2) is 15.0. The zero-order valence-corrected chi connectivity index (χ0v) is 31.8. The average Bonchev–Trinajstić information content (AvgIpc) is 3.43. The maximum absolute atomic E-state index is 6.10. The smallest absolute Gasteiger partial charge is 0.121 e. The fourth-order valence-corrected chi connectivity index (χ4v) is 7.44. The van der Waals surface area contributed by atoms with Crippen molar-refractivity contribution in [2.75, 3.05) is 0 Å². The molecule has 6 rings (SSSR count). The number of fused-ring (bicyclic) bond motifs is 3. The first-order chi connectivity index (χ1) is 21.5. The Labute approximate surface area is 289 Å². The van der Waals surface area contributed by atoms with Gasteiger partial charge in [0.25, 0.3) is 0 Å². The predicted molar refractivity (Wildman–Crippen MR) is 192 cm³/mol. The van der Waals surface area contributed by atoms with Gasteiger partial charge in [-0.2, -0.15) is 0 Å². The number of rotatable bonds is 8. The normalized spacial score (nSPS) is 11.8. The molecule has 0 aliphatic carbocycles. The number of para-hydroxylation sites is 1. The molecule has 0 bridgehead atoms. The Balaban J connectivity index is 0.000000210. The summed E-state index contributed by atoms with van der Waals surface area (Å²) in [4.78, 5) is 13.6. The summed E-state index contributed by atoms with van der Waals surface area (Å²) in [6.45, 7) is 18.5. The number of benzene rings is 2. The van der Waals surface area contributed by atoms with Crippen molar-refractivity contribution in [3.05, 3.63) is 109 Å². The molecule has 0 saturated carbocycles. The topological polar surface area (TPSA) is 51.8 Å². The molecule has 46 heavy (non-hydrogen) atoms. The maximum Gasteiger partial charge on any atom is 0.121 e. The summed E-state index contributed by atoms with van der Waals surface area (Å²) < 4.78 is 6.10. The monoisotopic (exact) mass is 804 g/mol. The fraction of sp³-hybridized carbons (Fsp3) is 0.325. The quantitative estimate of drug-likeness (QED) is 0.114. The van der Waals surface area contributed by atoms with E-state index in [4.69, 9.17) is 4.42 Å². The van der Waals surface area contributed by atoms with Gasteiger partial charge in [-0.1, -0.05) is 95.7 Å². The van der Waals surface area contributed by atoms with E-state index in [2.05, 4.69) is 118 Å². The van der Waals surface area contributed by atoms with Gasteiger partial charge in [0.2, 0.25) is 0 Å². The van der Waals surface area contributed by atoms with Crippen molar-refractivity contribution in [1.82, 2.24) is 15.0 Å². The molecular formula is C40H45IrN3OSi-2. The van der Waals surface area contributed by atoms with E-state index in [0.29, 0.717) is 5.92 Å². The van der Waals surface area contributed by atoms with Crippen LogP contribution in [-0.4, -0.2) is 23.0 Å². The van der Waals surface area contributed by atoms with Crippen molar-refractivity contribution >= 4 is 35.2 Å². The molecule has 0 atom stereocenters. The number of pyridine rings is 3. The first-order valence-corrected chi connectivity index (χ1v) is 19.7. The van der Waals surface area contributed by atoms with Crippen molar-refractivity contribution in [3.8, 4) is 22.5 Å². The Hall–Kier alpha value is -3.44. The summed E-state index contributed by atoms with van der Waals surface area (Å²) in [6.07, 6.45) is 12.2. The van der Waals surface area contributed by atoms with Crippen LogP contribution in [0, 0.1) is 18.2 Å². The van der Waals surface area contributed by atoms with Gasteiger partial charge in [-0.15, -0.1) is 35.9 Å². The molecule has 0 aliphatic rings. The number of hydrogen-bond acceptors (Lipinski definition) is 4. The Morgan fingerprint density at radius 1 is 0.870 bits per heavy atom. The summed E-state index contributed by atoms with van der Waals surface area (Å²) in [5.41, 5.74) is 8.40. The minimum atomic E-state index is -1.34. The number of nitrogens with zero attached hydrogens (tertiary/aromatic N) is 3. The molecule has 0 spiro atoms. The molecule has 4 nitrogen and oxygen atoms in total. The Bertz CT molecular complexity index is 1890.